The summed E-state index contributed by atoms with van der Waals surface area (Å²) in [4.78, 5) is 0. The first-order valence-corrected chi connectivity index (χ1v) is 10.8. The van der Waals surface area contributed by atoms with E-state index in [2.05, 4.69) is 0 Å². The van der Waals surface area contributed by atoms with E-state index in [0.717, 1.165) is 0 Å². The molecule has 194 valence electrons. The van der Waals surface area contributed by atoms with Gasteiger partial charge in [-0.25, -0.2) is 0 Å². The van der Waals surface area contributed by atoms with Gasteiger partial charge in [0.05, 0.1) is 25.4 Å². The van der Waals surface area contributed by atoms with Crippen LogP contribution in [0.1, 0.15) is 13.8 Å². The standard InChI is InChI=1S/C19H34O14/c1-5-6(2)29-18(13(26)9(5)22)32-16-8(4-21)31-19(14(27)11(16)24)33-15-7(3-20)30-17(28)12(25)10(15)23/h5-28H,3-4H2,1-2H3/t5?,6?,7?,8?,9?,10-,11?,12?,13?,14?,15?,16?,17?,18?,19?/m0/s1. The van der Waals surface area contributed by atoms with Crippen molar-refractivity contribution in [3.8, 4) is 0 Å². The molecule has 33 heavy (non-hydrogen) atoms. The van der Waals surface area contributed by atoms with E-state index in [4.69, 9.17) is 23.7 Å². The van der Waals surface area contributed by atoms with Gasteiger partial charge in [-0.15, -0.1) is 0 Å². The third kappa shape index (κ3) is 5.34. The molecule has 14 unspecified atom stereocenters. The molecule has 3 heterocycles. The topological polar surface area (TPSA) is 228 Å². The number of ether oxygens (including phenoxy) is 5. The number of hydrogen-bond acceptors (Lipinski definition) is 14. The molecule has 3 rings (SSSR count). The summed E-state index contributed by atoms with van der Waals surface area (Å²) in [5.74, 6) is -0.401. The number of aliphatic hydroxyl groups excluding tert-OH is 9. The van der Waals surface area contributed by atoms with Crippen molar-refractivity contribution in [1.29, 1.82) is 0 Å². The lowest BCUT2D eigenvalue weighted by atomic mass is 9.91. The zero-order valence-electron chi connectivity index (χ0n) is 18.1. The van der Waals surface area contributed by atoms with Crippen LogP contribution in [0.4, 0.5) is 0 Å². The largest absolute Gasteiger partial charge is 0.394 e. The van der Waals surface area contributed by atoms with Gasteiger partial charge in [-0.3, -0.25) is 0 Å². The second kappa shape index (κ2) is 11.0. The highest BCUT2D eigenvalue weighted by Crippen LogP contribution is 2.33. The predicted molar refractivity (Wildman–Crippen MR) is 103 cm³/mol. The molecule has 0 aliphatic carbocycles. The Kier molecular flexibility index (Phi) is 9.02. The normalized spacial score (nSPS) is 53.7. The fourth-order valence-electron chi connectivity index (χ4n) is 4.16. The average molecular weight is 486 g/mol. The maximum atomic E-state index is 10.6. The average Bonchev–Trinajstić information content (AvgIpc) is 2.80. The van der Waals surface area contributed by atoms with Gasteiger partial charge < -0.3 is 69.6 Å². The Hall–Kier alpha value is -0.560. The molecule has 0 radical (unpaired) electrons. The lowest BCUT2D eigenvalue weighted by Gasteiger charge is -2.47. The molecule has 0 aromatic carbocycles. The summed E-state index contributed by atoms with van der Waals surface area (Å²) in [6, 6.07) is 0. The van der Waals surface area contributed by atoms with Crippen LogP contribution in [0.5, 0.6) is 0 Å². The van der Waals surface area contributed by atoms with E-state index in [-0.39, 0.29) is 0 Å². The molecule has 0 amide bonds. The molecular formula is C19H34O14. The Labute approximate surface area is 189 Å². The highest BCUT2D eigenvalue weighted by molar-refractivity contribution is 4.95. The smallest absolute Gasteiger partial charge is 0.187 e. The maximum Gasteiger partial charge on any atom is 0.187 e. The van der Waals surface area contributed by atoms with E-state index in [1.165, 1.54) is 0 Å². The van der Waals surface area contributed by atoms with Gasteiger partial charge >= 0.3 is 0 Å². The van der Waals surface area contributed by atoms with Crippen LogP contribution < -0.4 is 0 Å². The van der Waals surface area contributed by atoms with Crippen molar-refractivity contribution in [2.24, 2.45) is 5.92 Å². The first-order valence-electron chi connectivity index (χ1n) is 10.8. The van der Waals surface area contributed by atoms with Gasteiger partial charge in [0.1, 0.15) is 54.9 Å². The van der Waals surface area contributed by atoms with E-state index in [1.54, 1.807) is 13.8 Å². The third-order valence-electron chi connectivity index (χ3n) is 6.50. The van der Waals surface area contributed by atoms with Crippen LogP contribution in [-0.4, -0.2) is 145 Å². The Morgan fingerprint density at radius 1 is 0.576 bits per heavy atom. The van der Waals surface area contributed by atoms with E-state index < -0.39 is 105 Å². The zero-order chi connectivity index (χ0) is 24.6. The molecule has 3 aliphatic rings. The molecule has 0 bridgehead atoms. The highest BCUT2D eigenvalue weighted by atomic mass is 16.7. The number of aliphatic hydroxyl groups is 9. The first-order chi connectivity index (χ1) is 15.5. The second-order valence-electron chi connectivity index (χ2n) is 8.69. The fourth-order valence-corrected chi connectivity index (χ4v) is 4.16. The molecule has 3 aliphatic heterocycles. The Morgan fingerprint density at radius 3 is 1.58 bits per heavy atom. The molecule has 15 atom stereocenters. The van der Waals surface area contributed by atoms with Crippen LogP contribution in [0.3, 0.4) is 0 Å². The fraction of sp³-hybridized carbons (Fsp3) is 1.00. The van der Waals surface area contributed by atoms with Crippen LogP contribution in [-0.2, 0) is 23.7 Å². The van der Waals surface area contributed by atoms with E-state index in [0.29, 0.717) is 0 Å². The van der Waals surface area contributed by atoms with Gasteiger partial charge in [-0.05, 0) is 6.92 Å². The van der Waals surface area contributed by atoms with Gasteiger partial charge in [0, 0.05) is 5.92 Å². The van der Waals surface area contributed by atoms with Crippen molar-refractivity contribution in [3.05, 3.63) is 0 Å². The van der Waals surface area contributed by atoms with Crippen molar-refractivity contribution < 1.29 is 69.6 Å². The molecule has 9 N–H and O–H groups in total. The van der Waals surface area contributed by atoms with Crippen LogP contribution in [0, 0.1) is 5.92 Å². The minimum absolute atomic E-state index is 0.401. The molecule has 14 nitrogen and oxygen atoms in total. The summed E-state index contributed by atoms with van der Waals surface area (Å²) >= 11 is 0. The van der Waals surface area contributed by atoms with Gasteiger partial charge in [0.25, 0.3) is 0 Å². The molecule has 0 aromatic rings. The van der Waals surface area contributed by atoms with Crippen molar-refractivity contribution >= 4 is 0 Å². The lowest BCUT2D eigenvalue weighted by Crippen LogP contribution is -2.66. The summed E-state index contributed by atoms with van der Waals surface area (Å²) in [7, 11) is 0. The van der Waals surface area contributed by atoms with Crippen LogP contribution in [0.15, 0.2) is 0 Å². The summed E-state index contributed by atoms with van der Waals surface area (Å²) < 4.78 is 27.1. The highest BCUT2D eigenvalue weighted by Gasteiger charge is 2.52. The number of rotatable bonds is 6. The lowest BCUT2D eigenvalue weighted by molar-refractivity contribution is -0.374. The SMILES string of the molecule is CC1OC(OC2C(CO)OC(OC3C(CO)OC(O)C(O)[C@@H]3O)C(O)C2O)C(O)C(O)C1C. The predicted octanol–water partition coefficient (Wildman–Crippen LogP) is -5.27. The molecule has 0 spiro atoms. The van der Waals surface area contributed by atoms with Crippen molar-refractivity contribution in [2.75, 3.05) is 13.2 Å². The number of hydrogen-bond donors (Lipinski definition) is 9. The quantitative estimate of drug-likeness (QED) is 0.171. The van der Waals surface area contributed by atoms with Gasteiger partial charge in [0.15, 0.2) is 18.9 Å². The monoisotopic (exact) mass is 486 g/mol. The zero-order valence-corrected chi connectivity index (χ0v) is 18.1. The van der Waals surface area contributed by atoms with Crippen molar-refractivity contribution in [1.82, 2.24) is 0 Å². The molecule has 14 heteroatoms. The molecule has 0 aromatic heterocycles. The Bertz CT molecular complexity index is 621. The van der Waals surface area contributed by atoms with Gasteiger partial charge in [0.2, 0.25) is 0 Å². The Balaban J connectivity index is 1.71. The minimum Gasteiger partial charge on any atom is -0.394 e. The van der Waals surface area contributed by atoms with E-state index >= 15 is 0 Å². The van der Waals surface area contributed by atoms with Gasteiger partial charge in [-0.1, -0.05) is 6.92 Å². The second-order valence-corrected chi connectivity index (χ2v) is 8.69. The summed E-state index contributed by atoms with van der Waals surface area (Å²) in [5, 5.41) is 90.5. The van der Waals surface area contributed by atoms with Crippen LogP contribution in [0.25, 0.3) is 0 Å². The summed E-state index contributed by atoms with van der Waals surface area (Å²) in [6.07, 6.45) is -20.6. The van der Waals surface area contributed by atoms with Crippen molar-refractivity contribution in [2.45, 2.75) is 99.9 Å². The summed E-state index contributed by atoms with van der Waals surface area (Å²) in [5.41, 5.74) is 0. The summed E-state index contributed by atoms with van der Waals surface area (Å²) in [6.45, 7) is 1.89. The van der Waals surface area contributed by atoms with Crippen LogP contribution in [0.2, 0.25) is 0 Å². The molecule has 3 fully saturated rings. The Morgan fingerprint density at radius 2 is 1.03 bits per heavy atom. The molecule has 0 saturated carbocycles. The third-order valence-corrected chi connectivity index (χ3v) is 6.50. The maximum absolute atomic E-state index is 10.6. The molecule has 3 saturated heterocycles. The van der Waals surface area contributed by atoms with E-state index in [1.807, 2.05) is 0 Å². The van der Waals surface area contributed by atoms with E-state index in [9.17, 15) is 46.0 Å². The molecular weight excluding hydrogens is 452 g/mol. The van der Waals surface area contributed by atoms with Crippen molar-refractivity contribution in [3.63, 3.8) is 0 Å². The minimum atomic E-state index is -1.81. The van der Waals surface area contributed by atoms with Gasteiger partial charge in [-0.2, -0.15) is 0 Å². The first kappa shape index (κ1) is 27.0. The van der Waals surface area contributed by atoms with Crippen LogP contribution >= 0.6 is 0 Å².